The van der Waals surface area contributed by atoms with Crippen LogP contribution in [0.2, 0.25) is 0 Å². The van der Waals surface area contributed by atoms with Gasteiger partial charge in [-0.05, 0) is 16.8 Å². The molecule has 13 heavy (non-hydrogen) atoms. The van der Waals surface area contributed by atoms with Gasteiger partial charge >= 0.3 is 0 Å². The predicted octanol–water partition coefficient (Wildman–Crippen LogP) is 1.82. The SMILES string of the molecule is OC(O)c1ccc2ccccc2c1. The number of aliphatic hydroxyl groups is 2. The molecule has 2 aromatic rings. The summed E-state index contributed by atoms with van der Waals surface area (Å²) in [5.41, 5.74) is 0.527. The predicted molar refractivity (Wildman–Crippen MR) is 51.1 cm³/mol. The van der Waals surface area contributed by atoms with Gasteiger partial charge in [0.1, 0.15) is 0 Å². The van der Waals surface area contributed by atoms with Crippen molar-refractivity contribution in [1.29, 1.82) is 0 Å². The van der Waals surface area contributed by atoms with Crippen LogP contribution in [0.25, 0.3) is 10.8 Å². The van der Waals surface area contributed by atoms with Gasteiger partial charge in [-0.2, -0.15) is 0 Å². The molecule has 0 unspecified atom stereocenters. The van der Waals surface area contributed by atoms with Crippen LogP contribution in [0.15, 0.2) is 42.5 Å². The van der Waals surface area contributed by atoms with Gasteiger partial charge < -0.3 is 10.2 Å². The fourth-order valence-electron chi connectivity index (χ4n) is 1.37. The third-order valence-electron chi connectivity index (χ3n) is 2.07. The Balaban J connectivity index is 2.62. The van der Waals surface area contributed by atoms with Gasteiger partial charge in [0.15, 0.2) is 6.29 Å². The highest BCUT2D eigenvalue weighted by Gasteiger charge is 2.01. The summed E-state index contributed by atoms with van der Waals surface area (Å²) in [6, 6.07) is 13.2. The lowest BCUT2D eigenvalue weighted by molar-refractivity contribution is -0.0423. The smallest absolute Gasteiger partial charge is 0.178 e. The Labute approximate surface area is 76.1 Å². The zero-order valence-electron chi connectivity index (χ0n) is 7.01. The van der Waals surface area contributed by atoms with Crippen molar-refractivity contribution >= 4 is 10.8 Å². The van der Waals surface area contributed by atoms with E-state index >= 15 is 0 Å². The number of benzene rings is 2. The van der Waals surface area contributed by atoms with Crippen molar-refractivity contribution < 1.29 is 10.2 Å². The molecule has 66 valence electrons. The Bertz CT molecular complexity index is 421. The van der Waals surface area contributed by atoms with E-state index < -0.39 is 6.29 Å². The van der Waals surface area contributed by atoms with E-state index in [1.54, 1.807) is 12.1 Å². The molecule has 0 radical (unpaired) electrons. The Morgan fingerprint density at radius 3 is 2.23 bits per heavy atom. The fraction of sp³-hybridized carbons (Fsp3) is 0.0909. The molecule has 0 aliphatic carbocycles. The Hall–Kier alpha value is -1.38. The first-order valence-electron chi connectivity index (χ1n) is 4.12. The standard InChI is InChI=1S/C11H10O2/c12-11(13)10-6-5-8-3-1-2-4-9(8)7-10/h1-7,11-13H. The first kappa shape index (κ1) is 8.23. The molecule has 0 aromatic heterocycles. The second-order valence-electron chi connectivity index (χ2n) is 2.98. The van der Waals surface area contributed by atoms with Crippen molar-refractivity contribution in [2.45, 2.75) is 6.29 Å². The second-order valence-corrected chi connectivity index (χ2v) is 2.98. The van der Waals surface area contributed by atoms with Gasteiger partial charge in [0.2, 0.25) is 0 Å². The highest BCUT2D eigenvalue weighted by atomic mass is 16.5. The molecule has 0 spiro atoms. The van der Waals surface area contributed by atoms with Crippen molar-refractivity contribution in [3.8, 4) is 0 Å². The minimum atomic E-state index is -1.38. The third kappa shape index (κ3) is 1.54. The molecule has 0 bridgehead atoms. The topological polar surface area (TPSA) is 40.5 Å². The first-order chi connectivity index (χ1) is 6.27. The average Bonchev–Trinajstić information content (AvgIpc) is 2.17. The van der Waals surface area contributed by atoms with Crippen molar-refractivity contribution in [2.75, 3.05) is 0 Å². The number of aliphatic hydroxyl groups excluding tert-OH is 1. The molecule has 2 nitrogen and oxygen atoms in total. The summed E-state index contributed by atoms with van der Waals surface area (Å²) >= 11 is 0. The summed E-state index contributed by atoms with van der Waals surface area (Å²) in [5, 5.41) is 20.0. The number of rotatable bonds is 1. The van der Waals surface area contributed by atoms with Crippen LogP contribution in [0.5, 0.6) is 0 Å². The van der Waals surface area contributed by atoms with Gasteiger partial charge in [0, 0.05) is 5.56 Å². The highest BCUT2D eigenvalue weighted by molar-refractivity contribution is 5.83. The lowest BCUT2D eigenvalue weighted by Crippen LogP contribution is -1.93. The molecule has 2 N–H and O–H groups in total. The van der Waals surface area contributed by atoms with E-state index in [-0.39, 0.29) is 0 Å². The van der Waals surface area contributed by atoms with Crippen LogP contribution in [0.3, 0.4) is 0 Å². The van der Waals surface area contributed by atoms with E-state index in [1.165, 1.54) is 0 Å². The minimum Gasteiger partial charge on any atom is -0.364 e. The molecule has 0 saturated heterocycles. The quantitative estimate of drug-likeness (QED) is 0.647. The van der Waals surface area contributed by atoms with Crippen LogP contribution in [0, 0.1) is 0 Å². The number of hydrogen-bond donors (Lipinski definition) is 2. The summed E-state index contributed by atoms with van der Waals surface area (Å²) in [7, 11) is 0. The molecule has 0 saturated carbocycles. The second kappa shape index (κ2) is 3.17. The van der Waals surface area contributed by atoms with E-state index in [2.05, 4.69) is 0 Å². The molecule has 2 rings (SSSR count). The van der Waals surface area contributed by atoms with Crippen molar-refractivity contribution in [3.63, 3.8) is 0 Å². The van der Waals surface area contributed by atoms with E-state index in [4.69, 9.17) is 10.2 Å². The van der Waals surface area contributed by atoms with E-state index in [0.29, 0.717) is 5.56 Å². The molecule has 2 aromatic carbocycles. The zero-order chi connectivity index (χ0) is 9.26. The van der Waals surface area contributed by atoms with Gasteiger partial charge in [0.25, 0.3) is 0 Å². The van der Waals surface area contributed by atoms with E-state index in [0.717, 1.165) is 10.8 Å². The van der Waals surface area contributed by atoms with Crippen LogP contribution in [-0.2, 0) is 0 Å². The maximum Gasteiger partial charge on any atom is 0.178 e. The Morgan fingerprint density at radius 1 is 0.846 bits per heavy atom. The Kier molecular flexibility index (Phi) is 2.00. The maximum atomic E-state index is 8.94. The number of fused-ring (bicyclic) bond motifs is 1. The summed E-state index contributed by atoms with van der Waals surface area (Å²) in [6.07, 6.45) is -1.38. The summed E-state index contributed by atoms with van der Waals surface area (Å²) in [6.45, 7) is 0. The van der Waals surface area contributed by atoms with E-state index in [9.17, 15) is 0 Å². The molecule has 0 fully saturated rings. The summed E-state index contributed by atoms with van der Waals surface area (Å²) in [5.74, 6) is 0. The van der Waals surface area contributed by atoms with Gasteiger partial charge in [-0.3, -0.25) is 0 Å². The normalized spacial score (nSPS) is 11.0. The zero-order valence-corrected chi connectivity index (χ0v) is 7.01. The Morgan fingerprint density at radius 2 is 1.54 bits per heavy atom. The number of hydrogen-bond acceptors (Lipinski definition) is 2. The van der Waals surface area contributed by atoms with Crippen LogP contribution in [0.4, 0.5) is 0 Å². The van der Waals surface area contributed by atoms with Crippen molar-refractivity contribution in [2.24, 2.45) is 0 Å². The molecule has 0 amide bonds. The largest absolute Gasteiger partial charge is 0.364 e. The van der Waals surface area contributed by atoms with Crippen LogP contribution in [0.1, 0.15) is 11.9 Å². The highest BCUT2D eigenvalue weighted by Crippen LogP contribution is 2.18. The van der Waals surface area contributed by atoms with Crippen molar-refractivity contribution in [3.05, 3.63) is 48.0 Å². The first-order valence-corrected chi connectivity index (χ1v) is 4.12. The summed E-state index contributed by atoms with van der Waals surface area (Å²) in [4.78, 5) is 0. The van der Waals surface area contributed by atoms with Gasteiger partial charge in [0.05, 0.1) is 0 Å². The average molecular weight is 174 g/mol. The van der Waals surface area contributed by atoms with Crippen LogP contribution in [-0.4, -0.2) is 10.2 Å². The minimum absolute atomic E-state index is 0.527. The van der Waals surface area contributed by atoms with Crippen LogP contribution >= 0.6 is 0 Å². The van der Waals surface area contributed by atoms with Gasteiger partial charge in [-0.15, -0.1) is 0 Å². The lowest BCUT2D eigenvalue weighted by Gasteiger charge is -2.04. The molecule has 2 heteroatoms. The van der Waals surface area contributed by atoms with E-state index in [1.807, 2.05) is 30.3 Å². The molecule has 0 heterocycles. The third-order valence-corrected chi connectivity index (χ3v) is 2.07. The monoisotopic (exact) mass is 174 g/mol. The molecule has 0 atom stereocenters. The lowest BCUT2D eigenvalue weighted by atomic mass is 10.1. The molecular formula is C11H10O2. The van der Waals surface area contributed by atoms with Gasteiger partial charge in [-0.1, -0.05) is 36.4 Å². The maximum absolute atomic E-state index is 8.94. The summed E-state index contributed by atoms with van der Waals surface area (Å²) < 4.78 is 0. The fourth-order valence-corrected chi connectivity index (χ4v) is 1.37. The van der Waals surface area contributed by atoms with Crippen molar-refractivity contribution in [1.82, 2.24) is 0 Å². The van der Waals surface area contributed by atoms with Crippen LogP contribution < -0.4 is 0 Å². The molecule has 0 aliphatic heterocycles. The van der Waals surface area contributed by atoms with Gasteiger partial charge in [-0.25, -0.2) is 0 Å². The molecular weight excluding hydrogens is 164 g/mol. The molecule has 0 aliphatic rings.